The number of aryl methyl sites for hydroxylation is 4. The minimum absolute atomic E-state index is 0.149. The van der Waals surface area contributed by atoms with Crippen LogP contribution in [-0.2, 0) is 41.3 Å². The first-order valence-corrected chi connectivity index (χ1v) is 14.3. The van der Waals surface area contributed by atoms with Crippen LogP contribution in [0.1, 0.15) is 52.4 Å². The van der Waals surface area contributed by atoms with Crippen LogP contribution in [0.3, 0.4) is 0 Å². The van der Waals surface area contributed by atoms with Crippen LogP contribution < -0.4 is 22.5 Å². The van der Waals surface area contributed by atoms with Crippen molar-refractivity contribution >= 4 is 22.3 Å². The van der Waals surface area contributed by atoms with Crippen LogP contribution in [0.2, 0.25) is 0 Å². The fraction of sp³-hybridized carbons (Fsp3) is 0.643. The largest absolute Gasteiger partial charge is 0.390 e. The number of rotatable bonds is 4. The van der Waals surface area contributed by atoms with E-state index in [0.717, 1.165) is 12.8 Å². The van der Waals surface area contributed by atoms with E-state index < -0.39 is 11.2 Å². The molecule has 2 fully saturated rings. The topological polar surface area (TPSA) is 164 Å². The van der Waals surface area contributed by atoms with E-state index >= 15 is 0 Å². The Morgan fingerprint density at radius 1 is 0.714 bits per heavy atom. The molecular weight excluding hydrogens is 544 g/mol. The Morgan fingerprint density at radius 2 is 1.07 bits per heavy atom. The van der Waals surface area contributed by atoms with Crippen LogP contribution >= 0.6 is 0 Å². The minimum Gasteiger partial charge on any atom is -0.390 e. The van der Waals surface area contributed by atoms with Gasteiger partial charge >= 0.3 is 11.4 Å². The number of hydrogen-bond acceptors (Lipinski definition) is 8. The summed E-state index contributed by atoms with van der Waals surface area (Å²) in [4.78, 5) is 58.1. The highest BCUT2D eigenvalue weighted by atomic mass is 16.3. The Balaban J connectivity index is 0.000000168. The lowest BCUT2D eigenvalue weighted by molar-refractivity contribution is 0.0619. The van der Waals surface area contributed by atoms with E-state index in [2.05, 4.69) is 9.97 Å². The molecule has 42 heavy (non-hydrogen) atoms. The summed E-state index contributed by atoms with van der Waals surface area (Å²) in [7, 11) is 6.73. The first-order chi connectivity index (χ1) is 19.6. The number of fused-ring (bicyclic) bond motifs is 2. The van der Waals surface area contributed by atoms with Gasteiger partial charge in [0.15, 0.2) is 22.3 Å². The normalized spacial score (nSPS) is 25.8. The van der Waals surface area contributed by atoms with Gasteiger partial charge in [-0.15, -0.1) is 0 Å². The molecule has 0 aromatic carbocycles. The molecule has 0 aliphatic heterocycles. The molecule has 4 atom stereocenters. The molecule has 4 aromatic heterocycles. The number of imidazole rings is 2. The van der Waals surface area contributed by atoms with E-state index in [4.69, 9.17) is 0 Å². The molecule has 4 heterocycles. The van der Waals surface area contributed by atoms with Gasteiger partial charge in [-0.05, 0) is 64.2 Å². The summed E-state index contributed by atoms with van der Waals surface area (Å²) in [6.45, 7) is 4.31. The Hall–Kier alpha value is -3.78. The molecule has 14 nitrogen and oxygen atoms in total. The quantitative estimate of drug-likeness (QED) is 0.338. The smallest absolute Gasteiger partial charge is 0.332 e. The van der Waals surface area contributed by atoms with Crippen LogP contribution in [0.4, 0.5) is 0 Å². The second kappa shape index (κ2) is 10.5. The van der Waals surface area contributed by atoms with Gasteiger partial charge in [-0.3, -0.25) is 27.9 Å². The van der Waals surface area contributed by atoms with Gasteiger partial charge in [-0.2, -0.15) is 0 Å². The molecule has 2 N–H and O–H groups in total. The molecule has 2 unspecified atom stereocenters. The monoisotopic (exact) mass is 584 g/mol. The summed E-state index contributed by atoms with van der Waals surface area (Å²) >= 11 is 0. The molecule has 0 radical (unpaired) electrons. The van der Waals surface area contributed by atoms with Crippen molar-refractivity contribution in [3.8, 4) is 0 Å². The molecule has 228 valence electrons. The Morgan fingerprint density at radius 3 is 1.38 bits per heavy atom. The SMILES string of the molecule is Cn1cnc2c1c(=O)n(CC1CC[C@@](C)(O)C1)c(=O)n2C.Cn1cnc2c1c(=O)n(CC1CC[C@@](C)(O)C1)c(=O)n2C. The zero-order valence-electron chi connectivity index (χ0n) is 25.1. The summed E-state index contributed by atoms with van der Waals surface area (Å²) in [6, 6.07) is 0. The highest BCUT2D eigenvalue weighted by molar-refractivity contribution is 5.70. The van der Waals surface area contributed by atoms with Gasteiger partial charge in [-0.25, -0.2) is 19.6 Å². The molecule has 0 amide bonds. The van der Waals surface area contributed by atoms with Crippen LogP contribution in [0.15, 0.2) is 31.8 Å². The predicted octanol–water partition coefficient (Wildman–Crippen LogP) is -0.0304. The first kappa shape index (κ1) is 29.7. The number of nitrogens with zero attached hydrogens (tertiary/aromatic N) is 8. The number of aromatic nitrogens is 8. The summed E-state index contributed by atoms with van der Waals surface area (Å²) < 4.78 is 8.64. The summed E-state index contributed by atoms with van der Waals surface area (Å²) in [5, 5.41) is 20.1. The second-order valence-electron chi connectivity index (χ2n) is 12.8. The molecule has 2 saturated carbocycles. The molecule has 0 saturated heterocycles. The molecule has 4 aromatic rings. The summed E-state index contributed by atoms with van der Waals surface area (Å²) in [5.41, 5.74) is -1.01. The lowest BCUT2D eigenvalue weighted by Gasteiger charge is -2.17. The maximum Gasteiger partial charge on any atom is 0.332 e. The van der Waals surface area contributed by atoms with E-state index in [1.165, 1.54) is 30.9 Å². The van der Waals surface area contributed by atoms with Crippen LogP contribution in [-0.4, -0.2) is 58.8 Å². The summed E-state index contributed by atoms with van der Waals surface area (Å²) in [5.74, 6) is 0.298. The Bertz CT molecular complexity index is 1760. The lowest BCUT2D eigenvalue weighted by Crippen LogP contribution is -2.41. The minimum atomic E-state index is -0.684. The molecular formula is C28H40N8O6. The maximum atomic E-state index is 12.6. The second-order valence-corrected chi connectivity index (χ2v) is 12.8. The average molecular weight is 585 g/mol. The standard InChI is InChI=1S/2C14H20N4O3/c2*1-14(21)5-4-9(6-14)7-18-12(19)10-11(15-8-16(10)2)17(3)13(18)20/h2*8-9,21H,4-7H2,1-3H3/t2*9?,14-/m11/s1. The van der Waals surface area contributed by atoms with Crippen molar-refractivity contribution in [2.24, 2.45) is 40.0 Å². The lowest BCUT2D eigenvalue weighted by atomic mass is 10.0. The highest BCUT2D eigenvalue weighted by Gasteiger charge is 2.35. The molecule has 2 aliphatic carbocycles. The molecule has 6 rings (SSSR count). The number of aliphatic hydroxyl groups is 2. The van der Waals surface area contributed by atoms with Gasteiger partial charge in [0.1, 0.15) is 0 Å². The Labute approximate surface area is 241 Å². The number of hydrogen-bond donors (Lipinski definition) is 2. The zero-order valence-corrected chi connectivity index (χ0v) is 25.1. The van der Waals surface area contributed by atoms with Gasteiger partial charge in [0.2, 0.25) is 0 Å². The van der Waals surface area contributed by atoms with Crippen molar-refractivity contribution in [3.63, 3.8) is 0 Å². The van der Waals surface area contributed by atoms with Crippen LogP contribution in [0, 0.1) is 11.8 Å². The molecule has 14 heteroatoms. The van der Waals surface area contributed by atoms with Crippen molar-refractivity contribution in [2.45, 2.75) is 76.7 Å². The van der Waals surface area contributed by atoms with Crippen molar-refractivity contribution in [3.05, 3.63) is 54.3 Å². The molecule has 0 bridgehead atoms. The van der Waals surface area contributed by atoms with Crippen molar-refractivity contribution in [1.29, 1.82) is 0 Å². The van der Waals surface area contributed by atoms with Gasteiger partial charge in [0.05, 0.1) is 23.9 Å². The molecule has 0 spiro atoms. The third kappa shape index (κ3) is 5.28. The maximum absolute atomic E-state index is 12.6. The van der Waals surface area contributed by atoms with Crippen molar-refractivity contribution in [1.82, 2.24) is 37.4 Å². The van der Waals surface area contributed by atoms with E-state index in [9.17, 15) is 29.4 Å². The van der Waals surface area contributed by atoms with E-state index in [1.807, 2.05) is 0 Å². The summed E-state index contributed by atoms with van der Waals surface area (Å²) in [6.07, 6.45) is 7.38. The van der Waals surface area contributed by atoms with E-state index in [-0.39, 0.29) is 34.3 Å². The van der Waals surface area contributed by atoms with Crippen LogP contribution in [0.25, 0.3) is 22.3 Å². The molecule has 2 aliphatic rings. The zero-order chi connectivity index (χ0) is 30.7. The third-order valence-electron chi connectivity index (χ3n) is 8.92. The first-order valence-electron chi connectivity index (χ1n) is 14.3. The fourth-order valence-electron chi connectivity index (χ4n) is 6.62. The predicted molar refractivity (Wildman–Crippen MR) is 156 cm³/mol. The van der Waals surface area contributed by atoms with Gasteiger partial charge in [0, 0.05) is 41.3 Å². The van der Waals surface area contributed by atoms with E-state index in [1.54, 1.807) is 51.2 Å². The van der Waals surface area contributed by atoms with Crippen molar-refractivity contribution < 1.29 is 10.2 Å². The average Bonchev–Trinajstić information content (AvgIpc) is 3.68. The van der Waals surface area contributed by atoms with Crippen molar-refractivity contribution in [2.75, 3.05) is 0 Å². The van der Waals surface area contributed by atoms with Gasteiger partial charge in [0.25, 0.3) is 11.1 Å². The fourth-order valence-corrected chi connectivity index (χ4v) is 6.62. The Kier molecular flexibility index (Phi) is 7.42. The third-order valence-corrected chi connectivity index (χ3v) is 8.92. The highest BCUT2D eigenvalue weighted by Crippen LogP contribution is 2.35. The van der Waals surface area contributed by atoms with Crippen LogP contribution in [0.5, 0.6) is 0 Å². The van der Waals surface area contributed by atoms with E-state index in [0.29, 0.717) is 61.1 Å². The van der Waals surface area contributed by atoms with Gasteiger partial charge in [-0.1, -0.05) is 0 Å². The van der Waals surface area contributed by atoms with Gasteiger partial charge < -0.3 is 19.3 Å².